The van der Waals surface area contributed by atoms with E-state index in [9.17, 15) is 14.0 Å². The summed E-state index contributed by atoms with van der Waals surface area (Å²) in [6.07, 6.45) is 5.19. The van der Waals surface area contributed by atoms with Gasteiger partial charge in [-0.25, -0.2) is 4.39 Å². The molecule has 1 atom stereocenters. The number of carbonyl (C=O) groups is 2. The number of hydrogen-bond donors (Lipinski definition) is 1. The summed E-state index contributed by atoms with van der Waals surface area (Å²) < 4.78 is 13.0. The zero-order valence-corrected chi connectivity index (χ0v) is 16.1. The van der Waals surface area contributed by atoms with Gasteiger partial charge in [-0.1, -0.05) is 18.6 Å². The number of rotatable bonds is 5. The van der Waals surface area contributed by atoms with Gasteiger partial charge in [-0.05, 0) is 62.4 Å². The predicted molar refractivity (Wildman–Crippen MR) is 102 cm³/mol. The molecule has 1 N–H and O–H groups in total. The number of amides is 2. The number of likely N-dealkylation sites (N-methyl/N-ethyl adjacent to an activating group) is 1. The van der Waals surface area contributed by atoms with E-state index in [0.717, 1.165) is 57.3 Å². The van der Waals surface area contributed by atoms with Gasteiger partial charge in [-0.3, -0.25) is 14.5 Å². The van der Waals surface area contributed by atoms with Crippen LogP contribution >= 0.6 is 0 Å². The van der Waals surface area contributed by atoms with Crippen LogP contribution < -0.4 is 5.32 Å². The zero-order valence-electron chi connectivity index (χ0n) is 16.1. The van der Waals surface area contributed by atoms with Gasteiger partial charge in [0.15, 0.2) is 0 Å². The Morgan fingerprint density at radius 2 is 1.85 bits per heavy atom. The van der Waals surface area contributed by atoms with Crippen molar-refractivity contribution in [2.24, 2.45) is 5.92 Å². The predicted octanol–water partition coefficient (Wildman–Crippen LogP) is 2.55. The van der Waals surface area contributed by atoms with Crippen LogP contribution in [0.4, 0.5) is 4.39 Å². The van der Waals surface area contributed by atoms with Crippen molar-refractivity contribution >= 4 is 11.8 Å². The summed E-state index contributed by atoms with van der Waals surface area (Å²) in [7, 11) is 1.74. The van der Waals surface area contributed by atoms with E-state index in [2.05, 4.69) is 10.2 Å². The summed E-state index contributed by atoms with van der Waals surface area (Å²) in [5.41, 5.74) is 1.13. The fourth-order valence-corrected chi connectivity index (χ4v) is 4.02. The first kappa shape index (κ1) is 19.8. The third-order valence-electron chi connectivity index (χ3n) is 5.87. The molecule has 2 aliphatic heterocycles. The number of piperidine rings is 1. The minimum Gasteiger partial charge on any atom is -0.354 e. The largest absolute Gasteiger partial charge is 0.354 e. The SMILES string of the molecule is CN1C(=O)CCCCC1C(=O)NCC1CCN(Cc2ccc(F)cc2)CC1. The fourth-order valence-electron chi connectivity index (χ4n) is 4.02. The molecule has 148 valence electrons. The minimum absolute atomic E-state index is 0.0125. The summed E-state index contributed by atoms with van der Waals surface area (Å²) in [5, 5.41) is 3.08. The van der Waals surface area contributed by atoms with Crippen molar-refractivity contribution in [2.45, 2.75) is 51.1 Å². The molecule has 1 unspecified atom stereocenters. The lowest BCUT2D eigenvalue weighted by Crippen LogP contribution is -2.48. The molecule has 0 aliphatic carbocycles. The van der Waals surface area contributed by atoms with Gasteiger partial charge in [0.05, 0.1) is 0 Å². The van der Waals surface area contributed by atoms with Crippen LogP contribution in [0.15, 0.2) is 24.3 Å². The molecule has 2 fully saturated rings. The average Bonchev–Trinajstić information content (AvgIpc) is 2.84. The number of benzene rings is 1. The monoisotopic (exact) mass is 375 g/mol. The summed E-state index contributed by atoms with van der Waals surface area (Å²) in [6, 6.07) is 6.37. The second-order valence-corrected chi connectivity index (χ2v) is 7.86. The van der Waals surface area contributed by atoms with Crippen LogP contribution in [-0.4, -0.2) is 54.3 Å². The molecule has 0 aromatic heterocycles. The van der Waals surface area contributed by atoms with Gasteiger partial charge in [-0.2, -0.15) is 0 Å². The van der Waals surface area contributed by atoms with Gasteiger partial charge in [-0.15, -0.1) is 0 Å². The summed E-state index contributed by atoms with van der Waals surface area (Å²) >= 11 is 0. The Bertz CT molecular complexity index is 641. The standard InChI is InChI=1S/C21H30FN3O2/c1-24-19(4-2-3-5-20(24)26)21(27)23-14-16-10-12-25(13-11-16)15-17-6-8-18(22)9-7-17/h6-9,16,19H,2-5,10-15H2,1H3,(H,23,27). The van der Waals surface area contributed by atoms with E-state index >= 15 is 0 Å². The molecule has 1 aromatic rings. The van der Waals surface area contributed by atoms with E-state index in [1.54, 1.807) is 11.9 Å². The number of nitrogens with zero attached hydrogens (tertiary/aromatic N) is 2. The van der Waals surface area contributed by atoms with Crippen molar-refractivity contribution in [2.75, 3.05) is 26.7 Å². The third-order valence-corrected chi connectivity index (χ3v) is 5.87. The molecule has 0 saturated carbocycles. The van der Waals surface area contributed by atoms with Gasteiger partial charge >= 0.3 is 0 Å². The second kappa shape index (κ2) is 9.31. The van der Waals surface area contributed by atoms with Crippen LogP contribution in [-0.2, 0) is 16.1 Å². The summed E-state index contributed by atoms with van der Waals surface area (Å²) in [6.45, 7) is 3.50. The van der Waals surface area contributed by atoms with E-state index < -0.39 is 0 Å². The maximum absolute atomic E-state index is 13.0. The first-order valence-electron chi connectivity index (χ1n) is 10.0. The van der Waals surface area contributed by atoms with Gasteiger partial charge in [0.25, 0.3) is 0 Å². The normalized spacial score (nSPS) is 22.5. The van der Waals surface area contributed by atoms with Crippen LogP contribution in [0.1, 0.15) is 44.1 Å². The number of carbonyl (C=O) groups excluding carboxylic acids is 2. The molecule has 2 saturated heterocycles. The Labute approximate surface area is 160 Å². The molecule has 5 nitrogen and oxygen atoms in total. The Hall–Kier alpha value is -1.95. The molecule has 3 rings (SSSR count). The lowest BCUT2D eigenvalue weighted by atomic mass is 9.96. The Balaban J connectivity index is 1.40. The molecular formula is C21H30FN3O2. The van der Waals surface area contributed by atoms with E-state index in [-0.39, 0.29) is 23.7 Å². The number of hydrogen-bond acceptors (Lipinski definition) is 3. The topological polar surface area (TPSA) is 52.7 Å². The molecule has 1 aromatic carbocycles. The van der Waals surface area contributed by atoms with Gasteiger partial charge in [0, 0.05) is 26.6 Å². The first-order valence-corrected chi connectivity index (χ1v) is 10.0. The average molecular weight is 375 g/mol. The maximum atomic E-state index is 13.0. The molecule has 0 spiro atoms. The second-order valence-electron chi connectivity index (χ2n) is 7.86. The van der Waals surface area contributed by atoms with Crippen molar-refractivity contribution in [3.05, 3.63) is 35.6 Å². The van der Waals surface area contributed by atoms with Crippen molar-refractivity contribution in [3.63, 3.8) is 0 Å². The highest BCUT2D eigenvalue weighted by Gasteiger charge is 2.29. The highest BCUT2D eigenvalue weighted by atomic mass is 19.1. The molecule has 2 amide bonds. The van der Waals surface area contributed by atoms with Crippen LogP contribution in [0.25, 0.3) is 0 Å². The summed E-state index contributed by atoms with van der Waals surface area (Å²) in [4.78, 5) is 28.5. The number of nitrogens with one attached hydrogen (secondary N) is 1. The van der Waals surface area contributed by atoms with Crippen molar-refractivity contribution < 1.29 is 14.0 Å². The molecular weight excluding hydrogens is 345 g/mol. The lowest BCUT2D eigenvalue weighted by molar-refractivity contribution is -0.138. The van der Waals surface area contributed by atoms with Crippen molar-refractivity contribution in [3.8, 4) is 0 Å². The highest BCUT2D eigenvalue weighted by Crippen LogP contribution is 2.20. The van der Waals surface area contributed by atoms with E-state index in [1.807, 2.05) is 12.1 Å². The third kappa shape index (κ3) is 5.51. The van der Waals surface area contributed by atoms with Gasteiger partial charge in [0.2, 0.25) is 11.8 Å². The fraction of sp³-hybridized carbons (Fsp3) is 0.619. The zero-order chi connectivity index (χ0) is 19.2. The van der Waals surface area contributed by atoms with Crippen LogP contribution in [0, 0.1) is 11.7 Å². The lowest BCUT2D eigenvalue weighted by Gasteiger charge is -2.32. The van der Waals surface area contributed by atoms with E-state index in [0.29, 0.717) is 18.9 Å². The molecule has 2 heterocycles. The molecule has 0 radical (unpaired) electrons. The van der Waals surface area contributed by atoms with Crippen LogP contribution in [0.5, 0.6) is 0 Å². The summed E-state index contributed by atoms with van der Waals surface area (Å²) in [5.74, 6) is 0.336. The Morgan fingerprint density at radius 3 is 2.56 bits per heavy atom. The van der Waals surface area contributed by atoms with Gasteiger partial charge in [0.1, 0.15) is 11.9 Å². The molecule has 0 bridgehead atoms. The van der Waals surface area contributed by atoms with Crippen molar-refractivity contribution in [1.29, 1.82) is 0 Å². The maximum Gasteiger partial charge on any atom is 0.242 e. The Kier molecular flexibility index (Phi) is 6.83. The van der Waals surface area contributed by atoms with Crippen LogP contribution in [0.2, 0.25) is 0 Å². The smallest absolute Gasteiger partial charge is 0.242 e. The van der Waals surface area contributed by atoms with E-state index in [1.165, 1.54) is 12.1 Å². The number of likely N-dealkylation sites (tertiary alicyclic amines) is 2. The van der Waals surface area contributed by atoms with E-state index in [4.69, 9.17) is 0 Å². The first-order chi connectivity index (χ1) is 13.0. The Morgan fingerprint density at radius 1 is 1.15 bits per heavy atom. The molecule has 6 heteroatoms. The minimum atomic E-state index is -0.321. The molecule has 27 heavy (non-hydrogen) atoms. The highest BCUT2D eigenvalue weighted by molar-refractivity contribution is 5.87. The molecule has 2 aliphatic rings. The van der Waals surface area contributed by atoms with Crippen molar-refractivity contribution in [1.82, 2.24) is 15.1 Å². The van der Waals surface area contributed by atoms with Crippen LogP contribution in [0.3, 0.4) is 0 Å². The quantitative estimate of drug-likeness (QED) is 0.861. The number of halogens is 1. The van der Waals surface area contributed by atoms with Gasteiger partial charge < -0.3 is 10.2 Å².